The Morgan fingerprint density at radius 1 is 1.67 bits per heavy atom. The molecular weight excluding hydrogens is 218 g/mol. The zero-order valence-electron chi connectivity index (χ0n) is 8.95. The van der Waals surface area contributed by atoms with E-state index in [1.54, 1.807) is 14.0 Å². The third kappa shape index (κ3) is 2.08. The predicted molar refractivity (Wildman–Crippen MR) is 56.0 cm³/mol. The first-order valence-corrected chi connectivity index (χ1v) is 5.28. The van der Waals surface area contributed by atoms with Gasteiger partial charge >= 0.3 is 6.01 Å². The van der Waals surface area contributed by atoms with Crippen LogP contribution >= 0.6 is 11.6 Å². The number of rotatable bonds is 4. The van der Waals surface area contributed by atoms with Gasteiger partial charge in [0.2, 0.25) is 5.89 Å². The Morgan fingerprint density at radius 3 is 2.87 bits per heavy atom. The van der Waals surface area contributed by atoms with Crippen molar-refractivity contribution in [2.45, 2.75) is 37.3 Å². The van der Waals surface area contributed by atoms with E-state index in [-0.39, 0.29) is 17.0 Å². The van der Waals surface area contributed by atoms with Gasteiger partial charge in [0.25, 0.3) is 0 Å². The highest BCUT2D eigenvalue weighted by Crippen LogP contribution is 2.40. The van der Waals surface area contributed by atoms with Crippen LogP contribution in [0.4, 0.5) is 6.01 Å². The largest absolute Gasteiger partial charge is 0.406 e. The molecule has 0 aliphatic heterocycles. The maximum Gasteiger partial charge on any atom is 0.315 e. The van der Waals surface area contributed by atoms with E-state index < -0.39 is 0 Å². The molecule has 1 saturated carbocycles. The van der Waals surface area contributed by atoms with Gasteiger partial charge in [-0.15, -0.1) is 16.7 Å². The van der Waals surface area contributed by atoms with Gasteiger partial charge in [0.05, 0.1) is 11.6 Å². The van der Waals surface area contributed by atoms with Crippen molar-refractivity contribution in [2.24, 2.45) is 0 Å². The van der Waals surface area contributed by atoms with Gasteiger partial charge in [0, 0.05) is 13.5 Å². The summed E-state index contributed by atoms with van der Waals surface area (Å²) in [5.74, 6) is 0.430. The van der Waals surface area contributed by atoms with Crippen LogP contribution in [0.15, 0.2) is 4.42 Å². The molecule has 0 bridgehead atoms. The number of hydrogen-bond acceptors (Lipinski definition) is 5. The van der Waals surface area contributed by atoms with Crippen LogP contribution in [0.5, 0.6) is 0 Å². The smallest absolute Gasteiger partial charge is 0.315 e. The monoisotopic (exact) mass is 231 g/mol. The zero-order valence-corrected chi connectivity index (χ0v) is 9.71. The van der Waals surface area contributed by atoms with Crippen LogP contribution in [0.3, 0.4) is 0 Å². The second kappa shape index (κ2) is 3.64. The summed E-state index contributed by atoms with van der Waals surface area (Å²) >= 11 is 5.80. The number of nitrogens with zero attached hydrogens (tertiary/aromatic N) is 2. The number of nitrogens with one attached hydrogen (secondary N) is 1. The molecule has 3 atom stereocenters. The van der Waals surface area contributed by atoms with Crippen molar-refractivity contribution in [1.82, 2.24) is 10.2 Å². The Bertz CT molecular complexity index is 355. The summed E-state index contributed by atoms with van der Waals surface area (Å²) in [6.45, 7) is 3.82. The van der Waals surface area contributed by atoms with Gasteiger partial charge in [-0.25, -0.2) is 0 Å². The lowest BCUT2D eigenvalue weighted by molar-refractivity contribution is 0.0933. The second-order valence-corrected chi connectivity index (χ2v) is 4.63. The Hall–Kier alpha value is -0.810. The minimum absolute atomic E-state index is 0.110. The lowest BCUT2D eigenvalue weighted by atomic mass is 10.4. The molecular formula is C9H14ClN3O2. The van der Waals surface area contributed by atoms with Crippen LogP contribution in [-0.4, -0.2) is 29.0 Å². The van der Waals surface area contributed by atoms with Crippen molar-refractivity contribution in [3.63, 3.8) is 0 Å². The zero-order chi connectivity index (χ0) is 11.1. The molecule has 1 heterocycles. The Kier molecular flexibility index (Phi) is 2.60. The van der Waals surface area contributed by atoms with Crippen molar-refractivity contribution < 1.29 is 9.15 Å². The van der Waals surface area contributed by atoms with E-state index in [0.717, 1.165) is 6.42 Å². The minimum atomic E-state index is -0.263. The third-order valence-electron chi connectivity index (χ3n) is 2.73. The summed E-state index contributed by atoms with van der Waals surface area (Å²) in [6, 6.07) is 0.643. The van der Waals surface area contributed by atoms with Crippen molar-refractivity contribution in [3.8, 4) is 0 Å². The fourth-order valence-corrected chi connectivity index (χ4v) is 1.47. The molecule has 3 unspecified atom stereocenters. The fraction of sp³-hybridized carbons (Fsp3) is 0.778. The first-order chi connectivity index (χ1) is 7.05. The van der Waals surface area contributed by atoms with E-state index in [0.29, 0.717) is 11.9 Å². The summed E-state index contributed by atoms with van der Waals surface area (Å²) < 4.78 is 10.6. The average molecular weight is 232 g/mol. The highest BCUT2D eigenvalue weighted by atomic mass is 35.5. The molecule has 6 heteroatoms. The van der Waals surface area contributed by atoms with Crippen LogP contribution in [0.25, 0.3) is 0 Å². The molecule has 0 spiro atoms. The van der Waals surface area contributed by atoms with Gasteiger partial charge in [0.1, 0.15) is 5.38 Å². The van der Waals surface area contributed by atoms with E-state index in [4.69, 9.17) is 20.8 Å². The standard InChI is InChI=1S/C9H14ClN3O2/c1-5(10)7-12-13-8(15-7)11-6-4-9(6,2)14-3/h5-6H,4H2,1-3H3,(H,11,13). The molecule has 0 aromatic carbocycles. The number of ether oxygens (including phenoxy) is 1. The maximum atomic E-state index is 5.80. The lowest BCUT2D eigenvalue weighted by Crippen LogP contribution is -2.18. The topological polar surface area (TPSA) is 60.2 Å². The third-order valence-corrected chi connectivity index (χ3v) is 2.92. The van der Waals surface area contributed by atoms with Crippen LogP contribution in [0.2, 0.25) is 0 Å². The van der Waals surface area contributed by atoms with Gasteiger partial charge in [-0.2, -0.15) is 0 Å². The van der Waals surface area contributed by atoms with E-state index in [1.165, 1.54) is 0 Å². The van der Waals surface area contributed by atoms with Crippen molar-refractivity contribution in [3.05, 3.63) is 5.89 Å². The van der Waals surface area contributed by atoms with Gasteiger partial charge in [-0.1, -0.05) is 5.10 Å². The quantitative estimate of drug-likeness (QED) is 0.803. The average Bonchev–Trinajstić information content (AvgIpc) is 2.64. The maximum absolute atomic E-state index is 5.80. The summed E-state index contributed by atoms with van der Waals surface area (Å²) in [5.41, 5.74) is -0.110. The first kappa shape index (κ1) is 10.7. The molecule has 1 fully saturated rings. The highest BCUT2D eigenvalue weighted by molar-refractivity contribution is 6.20. The van der Waals surface area contributed by atoms with Crippen molar-refractivity contribution in [1.29, 1.82) is 0 Å². The van der Waals surface area contributed by atoms with Crippen LogP contribution in [0.1, 0.15) is 31.5 Å². The molecule has 0 radical (unpaired) electrons. The minimum Gasteiger partial charge on any atom is -0.406 e. The summed E-state index contributed by atoms with van der Waals surface area (Å²) in [6.07, 6.45) is 0.942. The molecule has 1 aromatic heterocycles. The van der Waals surface area contributed by atoms with Gasteiger partial charge in [-0.05, 0) is 13.8 Å². The van der Waals surface area contributed by atoms with Gasteiger partial charge in [0.15, 0.2) is 0 Å². The van der Waals surface area contributed by atoms with Crippen LogP contribution in [-0.2, 0) is 4.74 Å². The van der Waals surface area contributed by atoms with Crippen LogP contribution < -0.4 is 5.32 Å². The van der Waals surface area contributed by atoms with Crippen molar-refractivity contribution in [2.75, 3.05) is 12.4 Å². The van der Waals surface area contributed by atoms with Crippen LogP contribution in [0, 0.1) is 0 Å². The molecule has 1 aliphatic carbocycles. The van der Waals surface area contributed by atoms with E-state index in [2.05, 4.69) is 15.5 Å². The normalized spacial score (nSPS) is 31.3. The van der Waals surface area contributed by atoms with E-state index in [9.17, 15) is 0 Å². The molecule has 15 heavy (non-hydrogen) atoms. The molecule has 2 rings (SSSR count). The molecule has 1 N–H and O–H groups in total. The Balaban J connectivity index is 1.95. The molecule has 0 saturated heterocycles. The van der Waals surface area contributed by atoms with Gasteiger partial charge < -0.3 is 14.5 Å². The predicted octanol–water partition coefficient (Wildman–Crippen LogP) is 1.96. The Morgan fingerprint density at radius 2 is 2.40 bits per heavy atom. The van der Waals surface area contributed by atoms with E-state index in [1.807, 2.05) is 6.92 Å². The first-order valence-electron chi connectivity index (χ1n) is 4.84. The lowest BCUT2D eigenvalue weighted by Gasteiger charge is -2.07. The number of hydrogen-bond donors (Lipinski definition) is 1. The van der Waals surface area contributed by atoms with Gasteiger partial charge in [-0.3, -0.25) is 0 Å². The fourth-order valence-electron chi connectivity index (χ4n) is 1.38. The molecule has 1 aliphatic rings. The number of methoxy groups -OCH3 is 1. The highest BCUT2D eigenvalue weighted by Gasteiger charge is 2.51. The Labute approximate surface area is 93.1 Å². The van der Waals surface area contributed by atoms with E-state index >= 15 is 0 Å². The number of alkyl halides is 1. The molecule has 5 nitrogen and oxygen atoms in total. The summed E-state index contributed by atoms with van der Waals surface area (Å²) in [4.78, 5) is 0. The molecule has 84 valence electrons. The number of anilines is 1. The number of halogens is 1. The van der Waals surface area contributed by atoms with Crippen molar-refractivity contribution >= 4 is 17.6 Å². The molecule has 0 amide bonds. The summed E-state index contributed by atoms with van der Waals surface area (Å²) in [7, 11) is 1.70. The molecule has 1 aromatic rings. The SMILES string of the molecule is COC1(C)CC1Nc1nnc(C(C)Cl)o1. The summed E-state index contributed by atoms with van der Waals surface area (Å²) in [5, 5.41) is 10.5. The second-order valence-electron chi connectivity index (χ2n) is 3.98. The number of aromatic nitrogens is 2.